The first kappa shape index (κ1) is 23.1. The maximum atomic E-state index is 12.5. The lowest BCUT2D eigenvalue weighted by atomic mass is 9.98. The van der Waals surface area contributed by atoms with Crippen LogP contribution in [0, 0.1) is 0 Å². The van der Waals surface area contributed by atoms with Crippen molar-refractivity contribution in [3.8, 4) is 28.4 Å². The van der Waals surface area contributed by atoms with E-state index in [1.165, 1.54) is 18.3 Å². The molecule has 1 aromatic heterocycles. The summed E-state index contributed by atoms with van der Waals surface area (Å²) in [5, 5.41) is 9.66. The van der Waals surface area contributed by atoms with Gasteiger partial charge >= 0.3 is 10.1 Å². The summed E-state index contributed by atoms with van der Waals surface area (Å²) in [6.45, 7) is 3.93. The van der Waals surface area contributed by atoms with Gasteiger partial charge in [0.25, 0.3) is 0 Å². The Morgan fingerprint density at radius 2 is 1.75 bits per heavy atom. The third kappa shape index (κ3) is 5.58. The largest absolute Gasteiger partial charge is 0.508 e. The average Bonchev–Trinajstić information content (AvgIpc) is 2.71. The second kappa shape index (κ2) is 9.73. The predicted molar refractivity (Wildman–Crippen MR) is 123 cm³/mol. The zero-order valence-corrected chi connectivity index (χ0v) is 18.7. The number of phenols is 1. The Bertz CT molecular complexity index is 1200. The molecule has 0 spiro atoms. The van der Waals surface area contributed by atoms with Gasteiger partial charge in [0.15, 0.2) is 5.75 Å². The lowest BCUT2D eigenvalue weighted by Gasteiger charge is -2.18. The maximum absolute atomic E-state index is 12.5. The summed E-state index contributed by atoms with van der Waals surface area (Å²) >= 11 is 0. The highest BCUT2D eigenvalue weighted by atomic mass is 32.2. The monoisotopic (exact) mass is 458 g/mol. The average molecular weight is 459 g/mol. The van der Waals surface area contributed by atoms with Crippen LogP contribution in [0.25, 0.3) is 11.1 Å². The summed E-state index contributed by atoms with van der Waals surface area (Å²) in [4.78, 5) is 7.95. The lowest BCUT2D eigenvalue weighted by molar-refractivity contribution is 0.340. The Hall–Kier alpha value is -3.53. The molecule has 0 aliphatic rings. The smallest absolute Gasteiger partial charge is 0.309 e. The highest BCUT2D eigenvalue weighted by molar-refractivity contribution is 7.87. The first-order valence-corrected chi connectivity index (χ1v) is 11.7. The number of rotatable bonds is 9. The topological polar surface area (TPSA) is 151 Å². The van der Waals surface area contributed by atoms with Crippen LogP contribution in [0.5, 0.6) is 17.2 Å². The molecule has 32 heavy (non-hydrogen) atoms. The van der Waals surface area contributed by atoms with Crippen LogP contribution in [0.15, 0.2) is 42.6 Å². The normalized spacial score (nSPS) is 11.3. The number of nitrogens with two attached hydrogens (primary N) is 2. The molecule has 0 fully saturated rings. The zero-order valence-electron chi connectivity index (χ0n) is 17.9. The van der Waals surface area contributed by atoms with E-state index in [2.05, 4.69) is 9.97 Å². The number of hydrogen-bond donors (Lipinski definition) is 3. The van der Waals surface area contributed by atoms with Gasteiger partial charge in [-0.25, -0.2) is 4.98 Å². The van der Waals surface area contributed by atoms with Crippen LogP contribution >= 0.6 is 0 Å². The van der Waals surface area contributed by atoms with Crippen LogP contribution < -0.4 is 20.4 Å². The van der Waals surface area contributed by atoms with Crippen molar-refractivity contribution in [1.82, 2.24) is 9.97 Å². The molecule has 170 valence electrons. The third-order valence-electron chi connectivity index (χ3n) is 4.56. The number of benzene rings is 2. The molecule has 9 nitrogen and oxygen atoms in total. The molecule has 0 aliphatic carbocycles. The fourth-order valence-electron chi connectivity index (χ4n) is 3.21. The van der Waals surface area contributed by atoms with E-state index in [1.54, 1.807) is 31.2 Å². The van der Waals surface area contributed by atoms with Gasteiger partial charge in [-0.3, -0.25) is 0 Å². The van der Waals surface area contributed by atoms with Crippen LogP contribution in [-0.2, 0) is 16.5 Å². The Morgan fingerprint density at radius 3 is 2.38 bits per heavy atom. The second-order valence-electron chi connectivity index (χ2n) is 7.11. The lowest BCUT2D eigenvalue weighted by Crippen LogP contribution is -2.14. The van der Waals surface area contributed by atoms with Gasteiger partial charge in [-0.2, -0.15) is 13.4 Å². The molecule has 0 saturated heterocycles. The van der Waals surface area contributed by atoms with Gasteiger partial charge in [0.05, 0.1) is 17.9 Å². The van der Waals surface area contributed by atoms with E-state index in [9.17, 15) is 13.5 Å². The SMILES string of the molecule is CCCS(=O)(=O)Oc1cc(Cc2cnc(N)nc2N)cc(OCC)c1-c1ccc(O)cc1. The molecule has 0 saturated carbocycles. The number of ether oxygens (including phenoxy) is 1. The number of aromatic hydroxyl groups is 1. The highest BCUT2D eigenvalue weighted by Gasteiger charge is 2.21. The molecule has 0 amide bonds. The van der Waals surface area contributed by atoms with Gasteiger partial charge in [0.1, 0.15) is 17.3 Å². The predicted octanol–water partition coefficient (Wildman–Crippen LogP) is 3.12. The van der Waals surface area contributed by atoms with Crippen molar-refractivity contribution < 1.29 is 22.4 Å². The van der Waals surface area contributed by atoms with Crippen LogP contribution in [0.4, 0.5) is 11.8 Å². The quantitative estimate of drug-likeness (QED) is 0.411. The van der Waals surface area contributed by atoms with Crippen LogP contribution in [-0.4, -0.2) is 35.9 Å². The van der Waals surface area contributed by atoms with Gasteiger partial charge < -0.3 is 25.5 Å². The molecule has 0 bridgehead atoms. The molecule has 5 N–H and O–H groups in total. The van der Waals surface area contributed by atoms with Crippen molar-refractivity contribution in [2.24, 2.45) is 0 Å². The fraction of sp³-hybridized carbons (Fsp3) is 0.273. The molecule has 2 aromatic carbocycles. The van der Waals surface area contributed by atoms with Crippen molar-refractivity contribution in [3.05, 3.63) is 53.7 Å². The summed E-state index contributed by atoms with van der Waals surface area (Å²) in [5.41, 5.74) is 14.0. The van der Waals surface area contributed by atoms with Gasteiger partial charge in [-0.05, 0) is 48.7 Å². The molecule has 3 aromatic rings. The minimum Gasteiger partial charge on any atom is -0.508 e. The molecule has 0 radical (unpaired) electrons. The number of nitrogens with zero attached hydrogens (tertiary/aromatic N) is 2. The molecular weight excluding hydrogens is 432 g/mol. The number of nitrogen functional groups attached to an aromatic ring is 2. The third-order valence-corrected chi connectivity index (χ3v) is 5.91. The molecule has 0 aliphatic heterocycles. The molecular formula is C22H26N4O5S. The van der Waals surface area contributed by atoms with E-state index in [1.807, 2.05) is 6.92 Å². The van der Waals surface area contributed by atoms with Gasteiger partial charge in [-0.15, -0.1) is 0 Å². The van der Waals surface area contributed by atoms with Gasteiger partial charge in [0.2, 0.25) is 5.95 Å². The van der Waals surface area contributed by atoms with Crippen molar-refractivity contribution in [2.45, 2.75) is 26.7 Å². The summed E-state index contributed by atoms with van der Waals surface area (Å²) in [6.07, 6.45) is 2.25. The van der Waals surface area contributed by atoms with E-state index >= 15 is 0 Å². The first-order chi connectivity index (χ1) is 15.2. The van der Waals surface area contributed by atoms with E-state index in [4.69, 9.17) is 20.4 Å². The van der Waals surface area contributed by atoms with E-state index in [-0.39, 0.29) is 29.0 Å². The zero-order chi connectivity index (χ0) is 23.3. The number of aromatic nitrogens is 2. The Kier molecular flexibility index (Phi) is 7.04. The molecule has 3 rings (SSSR count). The summed E-state index contributed by atoms with van der Waals surface area (Å²) in [7, 11) is -3.83. The van der Waals surface area contributed by atoms with E-state index in [0.29, 0.717) is 47.5 Å². The van der Waals surface area contributed by atoms with Gasteiger partial charge in [-0.1, -0.05) is 19.1 Å². The maximum Gasteiger partial charge on any atom is 0.309 e. The molecule has 0 unspecified atom stereocenters. The number of phenolic OH excluding ortho intramolecular Hbond substituents is 1. The van der Waals surface area contributed by atoms with Crippen molar-refractivity contribution in [2.75, 3.05) is 23.8 Å². The minimum absolute atomic E-state index is 0.0682. The van der Waals surface area contributed by atoms with Crippen molar-refractivity contribution in [1.29, 1.82) is 0 Å². The Morgan fingerprint density at radius 1 is 1.06 bits per heavy atom. The fourth-order valence-corrected chi connectivity index (χ4v) is 4.20. The van der Waals surface area contributed by atoms with Gasteiger partial charge in [0, 0.05) is 18.2 Å². The summed E-state index contributed by atoms with van der Waals surface area (Å²) in [6, 6.07) is 9.77. The number of hydrogen-bond acceptors (Lipinski definition) is 9. The Labute approximate surface area is 187 Å². The van der Waals surface area contributed by atoms with E-state index < -0.39 is 10.1 Å². The molecule has 0 atom stereocenters. The van der Waals surface area contributed by atoms with Crippen molar-refractivity contribution >= 4 is 21.9 Å². The molecule has 10 heteroatoms. The van der Waals surface area contributed by atoms with Crippen LogP contribution in [0.1, 0.15) is 31.4 Å². The standard InChI is InChI=1S/C22H26N4O5S/c1-3-9-32(28,29)31-19-12-14(10-16-13-25-22(24)26-21(16)23)11-18(30-4-2)20(19)15-5-7-17(27)8-6-15/h5-8,11-13,27H,3-4,9-10H2,1-2H3,(H4,23,24,25,26). The van der Waals surface area contributed by atoms with E-state index in [0.717, 1.165) is 0 Å². The molecule has 1 heterocycles. The first-order valence-electron chi connectivity index (χ1n) is 10.1. The van der Waals surface area contributed by atoms with Crippen LogP contribution in [0.3, 0.4) is 0 Å². The second-order valence-corrected chi connectivity index (χ2v) is 8.80. The van der Waals surface area contributed by atoms with Crippen molar-refractivity contribution in [3.63, 3.8) is 0 Å². The summed E-state index contributed by atoms with van der Waals surface area (Å²) in [5.74, 6) is 0.822. The summed E-state index contributed by atoms with van der Waals surface area (Å²) < 4.78 is 36.4. The minimum atomic E-state index is -3.83. The Balaban J connectivity index is 2.16. The van der Waals surface area contributed by atoms with Crippen LogP contribution in [0.2, 0.25) is 0 Å². The highest BCUT2D eigenvalue weighted by Crippen LogP contribution is 2.41. The number of anilines is 2.